The number of thioether (sulfide) groups is 1. The fourth-order valence-corrected chi connectivity index (χ4v) is 2.68. The van der Waals surface area contributed by atoms with Gasteiger partial charge in [-0.2, -0.15) is 5.26 Å². The summed E-state index contributed by atoms with van der Waals surface area (Å²) in [5, 5.41) is 12.8. The Kier molecular flexibility index (Phi) is 4.70. The van der Waals surface area contributed by atoms with Crippen molar-refractivity contribution in [3.8, 4) is 6.07 Å². The molecule has 1 N–H and O–H groups in total. The molecular weight excluding hydrogens is 264 g/mol. The maximum atomic E-state index is 9.35. The maximum Gasteiger partial charge on any atom is 0.102 e. The average molecular weight is 282 g/mol. The molecule has 0 aliphatic heterocycles. The van der Waals surface area contributed by atoms with Gasteiger partial charge in [0.25, 0.3) is 0 Å². The SMILES string of the molecule is CSc1cccc(NC(C)c2ccc(C)cc2)c1C#N. The fraction of sp³-hybridized carbons (Fsp3) is 0.235. The molecule has 2 aromatic rings. The van der Waals surface area contributed by atoms with E-state index >= 15 is 0 Å². The van der Waals surface area contributed by atoms with Gasteiger partial charge in [-0.1, -0.05) is 35.9 Å². The Morgan fingerprint density at radius 3 is 2.45 bits per heavy atom. The number of aryl methyl sites for hydroxylation is 1. The van der Waals surface area contributed by atoms with E-state index in [2.05, 4.69) is 49.5 Å². The molecule has 1 atom stereocenters. The van der Waals surface area contributed by atoms with Crippen LogP contribution in [0.25, 0.3) is 0 Å². The molecule has 0 aromatic heterocycles. The summed E-state index contributed by atoms with van der Waals surface area (Å²) in [5.74, 6) is 0. The Balaban J connectivity index is 2.26. The van der Waals surface area contributed by atoms with Crippen LogP contribution < -0.4 is 5.32 Å². The van der Waals surface area contributed by atoms with E-state index in [0.29, 0.717) is 0 Å². The van der Waals surface area contributed by atoms with Crippen LogP contribution in [0.4, 0.5) is 5.69 Å². The lowest BCUT2D eigenvalue weighted by Gasteiger charge is -2.18. The molecule has 2 rings (SSSR count). The highest BCUT2D eigenvalue weighted by molar-refractivity contribution is 7.98. The first-order valence-electron chi connectivity index (χ1n) is 6.56. The van der Waals surface area contributed by atoms with E-state index in [1.807, 2.05) is 24.5 Å². The summed E-state index contributed by atoms with van der Waals surface area (Å²) in [7, 11) is 0. The Labute approximate surface area is 124 Å². The van der Waals surface area contributed by atoms with Crippen molar-refractivity contribution in [2.75, 3.05) is 11.6 Å². The molecule has 0 fully saturated rings. The average Bonchev–Trinajstić information content (AvgIpc) is 2.47. The Morgan fingerprint density at radius 2 is 1.85 bits per heavy atom. The van der Waals surface area contributed by atoms with Crippen molar-refractivity contribution in [1.82, 2.24) is 0 Å². The molecule has 20 heavy (non-hydrogen) atoms. The van der Waals surface area contributed by atoms with Crippen molar-refractivity contribution in [3.05, 3.63) is 59.2 Å². The van der Waals surface area contributed by atoms with E-state index in [-0.39, 0.29) is 6.04 Å². The highest BCUT2D eigenvalue weighted by atomic mass is 32.2. The van der Waals surface area contributed by atoms with Crippen LogP contribution in [0.2, 0.25) is 0 Å². The molecule has 2 aromatic carbocycles. The molecule has 2 nitrogen and oxygen atoms in total. The molecule has 0 bridgehead atoms. The normalized spacial score (nSPS) is 11.7. The number of nitriles is 1. The van der Waals surface area contributed by atoms with Gasteiger partial charge >= 0.3 is 0 Å². The van der Waals surface area contributed by atoms with Crippen LogP contribution in [0.15, 0.2) is 47.4 Å². The van der Waals surface area contributed by atoms with Gasteiger partial charge in [0.1, 0.15) is 6.07 Å². The van der Waals surface area contributed by atoms with E-state index in [9.17, 15) is 5.26 Å². The zero-order chi connectivity index (χ0) is 14.5. The van der Waals surface area contributed by atoms with E-state index in [1.54, 1.807) is 11.8 Å². The Bertz CT molecular complexity index is 626. The minimum absolute atomic E-state index is 0.166. The van der Waals surface area contributed by atoms with Crippen LogP contribution in [0.1, 0.15) is 29.7 Å². The lowest BCUT2D eigenvalue weighted by Crippen LogP contribution is -2.08. The van der Waals surface area contributed by atoms with E-state index in [4.69, 9.17) is 0 Å². The largest absolute Gasteiger partial charge is 0.377 e. The molecule has 0 saturated carbocycles. The summed E-state index contributed by atoms with van der Waals surface area (Å²) < 4.78 is 0. The van der Waals surface area contributed by atoms with Gasteiger partial charge in [0.05, 0.1) is 11.3 Å². The van der Waals surface area contributed by atoms with Crippen molar-refractivity contribution in [2.45, 2.75) is 24.8 Å². The molecule has 0 amide bonds. The Morgan fingerprint density at radius 1 is 1.15 bits per heavy atom. The van der Waals surface area contributed by atoms with Gasteiger partial charge in [0.15, 0.2) is 0 Å². The van der Waals surface area contributed by atoms with Gasteiger partial charge in [-0.15, -0.1) is 11.8 Å². The van der Waals surface area contributed by atoms with Gasteiger partial charge in [-0.25, -0.2) is 0 Å². The molecule has 0 heterocycles. The third-order valence-corrected chi connectivity index (χ3v) is 4.09. The van der Waals surface area contributed by atoms with Gasteiger partial charge < -0.3 is 5.32 Å². The van der Waals surface area contributed by atoms with Gasteiger partial charge in [-0.05, 0) is 37.8 Å². The first-order valence-corrected chi connectivity index (χ1v) is 7.78. The van der Waals surface area contributed by atoms with Crippen molar-refractivity contribution in [1.29, 1.82) is 5.26 Å². The van der Waals surface area contributed by atoms with Gasteiger partial charge in [0.2, 0.25) is 0 Å². The van der Waals surface area contributed by atoms with E-state index < -0.39 is 0 Å². The number of benzene rings is 2. The second-order valence-electron chi connectivity index (χ2n) is 4.77. The zero-order valence-electron chi connectivity index (χ0n) is 12.0. The molecule has 0 aliphatic rings. The van der Waals surface area contributed by atoms with Crippen LogP contribution in [0.3, 0.4) is 0 Å². The van der Waals surface area contributed by atoms with Gasteiger partial charge in [-0.3, -0.25) is 0 Å². The molecule has 0 radical (unpaired) electrons. The van der Waals surface area contributed by atoms with Gasteiger partial charge in [0, 0.05) is 10.9 Å². The maximum absolute atomic E-state index is 9.35. The summed E-state index contributed by atoms with van der Waals surface area (Å²) >= 11 is 1.60. The zero-order valence-corrected chi connectivity index (χ0v) is 12.8. The van der Waals surface area contributed by atoms with E-state index in [0.717, 1.165) is 16.1 Å². The highest BCUT2D eigenvalue weighted by Crippen LogP contribution is 2.29. The van der Waals surface area contributed by atoms with Crippen molar-refractivity contribution >= 4 is 17.4 Å². The lowest BCUT2D eigenvalue weighted by molar-refractivity contribution is 0.882. The fourth-order valence-electron chi connectivity index (χ4n) is 2.11. The number of nitrogens with zero attached hydrogens (tertiary/aromatic N) is 1. The predicted octanol–water partition coefficient (Wildman–Crippen LogP) is 4.76. The van der Waals surface area contributed by atoms with Crippen LogP contribution in [-0.2, 0) is 0 Å². The predicted molar refractivity (Wildman–Crippen MR) is 86.2 cm³/mol. The molecular formula is C17H18N2S. The topological polar surface area (TPSA) is 35.8 Å². The summed E-state index contributed by atoms with van der Waals surface area (Å²) in [5.41, 5.74) is 4.09. The summed E-state index contributed by atoms with van der Waals surface area (Å²) in [6.45, 7) is 4.19. The minimum atomic E-state index is 0.166. The molecule has 1 unspecified atom stereocenters. The quantitative estimate of drug-likeness (QED) is 0.821. The third kappa shape index (κ3) is 3.15. The van der Waals surface area contributed by atoms with Crippen LogP contribution in [0, 0.1) is 18.3 Å². The van der Waals surface area contributed by atoms with Crippen molar-refractivity contribution < 1.29 is 0 Å². The van der Waals surface area contributed by atoms with Crippen LogP contribution in [-0.4, -0.2) is 6.26 Å². The summed E-state index contributed by atoms with van der Waals surface area (Å²) in [6.07, 6.45) is 1.99. The molecule has 3 heteroatoms. The second-order valence-corrected chi connectivity index (χ2v) is 5.62. The smallest absolute Gasteiger partial charge is 0.102 e. The molecule has 102 valence electrons. The highest BCUT2D eigenvalue weighted by Gasteiger charge is 2.11. The van der Waals surface area contributed by atoms with E-state index in [1.165, 1.54) is 11.1 Å². The molecule has 0 saturated heterocycles. The number of rotatable bonds is 4. The summed E-state index contributed by atoms with van der Waals surface area (Å²) in [6, 6.07) is 16.8. The number of hydrogen-bond donors (Lipinski definition) is 1. The van der Waals surface area contributed by atoms with Crippen LogP contribution >= 0.6 is 11.8 Å². The lowest BCUT2D eigenvalue weighted by atomic mass is 10.1. The molecule has 0 spiro atoms. The van der Waals surface area contributed by atoms with Crippen molar-refractivity contribution in [3.63, 3.8) is 0 Å². The first kappa shape index (κ1) is 14.5. The van der Waals surface area contributed by atoms with Crippen molar-refractivity contribution in [2.24, 2.45) is 0 Å². The molecule has 0 aliphatic carbocycles. The number of nitrogens with one attached hydrogen (secondary N) is 1. The standard InChI is InChI=1S/C17H18N2S/c1-12-7-9-14(10-8-12)13(2)19-16-5-4-6-17(20-3)15(16)11-18/h4-10,13,19H,1-3H3. The number of anilines is 1. The monoisotopic (exact) mass is 282 g/mol. The Hall–Kier alpha value is -1.92. The second kappa shape index (κ2) is 6.49. The minimum Gasteiger partial charge on any atom is -0.377 e. The third-order valence-electron chi connectivity index (χ3n) is 3.31. The summed E-state index contributed by atoms with van der Waals surface area (Å²) in [4.78, 5) is 1.01. The first-order chi connectivity index (χ1) is 9.65. The van der Waals surface area contributed by atoms with Crippen LogP contribution in [0.5, 0.6) is 0 Å². The number of hydrogen-bond acceptors (Lipinski definition) is 3.